The van der Waals surface area contributed by atoms with E-state index < -0.39 is 17.5 Å². The molecule has 2 saturated carbocycles. The highest BCUT2D eigenvalue weighted by Crippen LogP contribution is 2.28. The highest BCUT2D eigenvalue weighted by Gasteiger charge is 2.27. The second-order valence-corrected chi connectivity index (χ2v) is 6.99. The first kappa shape index (κ1) is 16.2. The van der Waals surface area contributed by atoms with Gasteiger partial charge in [-0.05, 0) is 44.9 Å². The number of nitrogens with zero attached hydrogens (tertiary/aromatic N) is 2. The Labute approximate surface area is 135 Å². The molecule has 0 radical (unpaired) electrons. The number of rotatable bonds is 4. The van der Waals surface area contributed by atoms with E-state index in [0.29, 0.717) is 25.2 Å². The maximum absolute atomic E-state index is 12.3. The molecule has 1 heterocycles. The summed E-state index contributed by atoms with van der Waals surface area (Å²) in [5.41, 5.74) is -0.978. The summed E-state index contributed by atoms with van der Waals surface area (Å²) in [6.07, 6.45) is 7.39. The molecule has 1 aromatic rings. The van der Waals surface area contributed by atoms with Gasteiger partial charge in [-0.3, -0.25) is 4.98 Å². The van der Waals surface area contributed by atoms with Gasteiger partial charge in [0.05, 0.1) is 6.10 Å². The van der Waals surface area contributed by atoms with E-state index in [-0.39, 0.29) is 18.0 Å². The summed E-state index contributed by atoms with van der Waals surface area (Å²) in [5, 5.41) is 12.8. The zero-order valence-corrected chi connectivity index (χ0v) is 13.6. The summed E-state index contributed by atoms with van der Waals surface area (Å²) < 4.78 is 1.15. The van der Waals surface area contributed by atoms with Gasteiger partial charge < -0.3 is 10.4 Å². The van der Waals surface area contributed by atoms with Crippen molar-refractivity contribution in [3.63, 3.8) is 0 Å². The van der Waals surface area contributed by atoms with E-state index >= 15 is 0 Å². The van der Waals surface area contributed by atoms with Gasteiger partial charge in [-0.15, -0.1) is 0 Å². The van der Waals surface area contributed by atoms with E-state index in [1.807, 2.05) is 0 Å². The van der Waals surface area contributed by atoms with Crippen LogP contribution in [0.5, 0.6) is 0 Å². The molecule has 2 fully saturated rings. The predicted molar refractivity (Wildman–Crippen MR) is 87.7 cm³/mol. The predicted octanol–water partition coefficient (Wildman–Crippen LogP) is 1.40. The van der Waals surface area contributed by atoms with Gasteiger partial charge in [-0.25, -0.2) is 14.2 Å². The van der Waals surface area contributed by atoms with E-state index in [9.17, 15) is 14.7 Å². The van der Waals surface area contributed by atoms with E-state index in [0.717, 1.165) is 4.57 Å². The van der Waals surface area contributed by atoms with Crippen molar-refractivity contribution in [3.8, 4) is 0 Å². The molecule has 0 aliphatic heterocycles. The molecular formula is C16H26N4O3. The first-order chi connectivity index (χ1) is 11.0. The Hall–Kier alpha value is -1.63. The zero-order chi connectivity index (χ0) is 16.4. The fourth-order valence-electron chi connectivity index (χ4n) is 3.95. The van der Waals surface area contributed by atoms with Crippen molar-refractivity contribution in [2.75, 3.05) is 5.32 Å². The molecule has 1 aromatic heterocycles. The third-order valence-electron chi connectivity index (χ3n) is 5.32. The number of hydrogen-bond donors (Lipinski definition) is 3. The van der Waals surface area contributed by atoms with Gasteiger partial charge in [0, 0.05) is 12.1 Å². The van der Waals surface area contributed by atoms with E-state index in [1.54, 1.807) is 0 Å². The van der Waals surface area contributed by atoms with E-state index in [1.165, 1.54) is 32.1 Å². The Morgan fingerprint density at radius 3 is 2.57 bits per heavy atom. The number of nitrogens with one attached hydrogen (secondary N) is 2. The normalized spacial score (nSPS) is 27.0. The molecule has 128 valence electrons. The largest absolute Gasteiger partial charge is 0.393 e. The molecule has 7 nitrogen and oxygen atoms in total. The summed E-state index contributed by atoms with van der Waals surface area (Å²) in [4.78, 5) is 31.2. The van der Waals surface area contributed by atoms with E-state index in [4.69, 9.17) is 0 Å². The van der Waals surface area contributed by atoms with Crippen molar-refractivity contribution in [2.45, 2.75) is 76.5 Å². The Morgan fingerprint density at radius 2 is 1.96 bits per heavy atom. The fourth-order valence-corrected chi connectivity index (χ4v) is 3.95. The number of aliphatic hydroxyl groups is 1. The Balaban J connectivity index is 1.74. The van der Waals surface area contributed by atoms with Gasteiger partial charge in [0.1, 0.15) is 0 Å². The molecule has 2 unspecified atom stereocenters. The lowest BCUT2D eigenvalue weighted by atomic mass is 9.85. The lowest BCUT2D eigenvalue weighted by Crippen LogP contribution is -2.41. The molecule has 0 amide bonds. The highest BCUT2D eigenvalue weighted by molar-refractivity contribution is 5.23. The number of H-pyrrole nitrogens is 1. The van der Waals surface area contributed by atoms with Gasteiger partial charge in [0.15, 0.2) is 0 Å². The van der Waals surface area contributed by atoms with Crippen LogP contribution in [0.1, 0.15) is 64.3 Å². The van der Waals surface area contributed by atoms with Gasteiger partial charge in [-0.2, -0.15) is 4.98 Å². The van der Waals surface area contributed by atoms with Crippen molar-refractivity contribution in [1.29, 1.82) is 0 Å². The maximum atomic E-state index is 12.3. The average Bonchev–Trinajstić information content (AvgIpc) is 2.93. The SMILES string of the molecule is C[C@H](Nc1nc(=O)n(C2CCC(O)C2)c(=O)[nH]1)C1CCCCC1. The topological polar surface area (TPSA) is 100 Å². The van der Waals surface area contributed by atoms with Crippen molar-refractivity contribution in [1.82, 2.24) is 14.5 Å². The number of aliphatic hydroxyl groups excluding tert-OH is 1. The Bertz CT molecular complexity index is 616. The second kappa shape index (κ2) is 6.86. The molecule has 3 N–H and O–H groups in total. The minimum Gasteiger partial charge on any atom is -0.393 e. The summed E-state index contributed by atoms with van der Waals surface area (Å²) in [6, 6.07) is -0.0689. The molecule has 7 heteroatoms. The Morgan fingerprint density at radius 1 is 1.22 bits per heavy atom. The molecular weight excluding hydrogens is 296 g/mol. The third-order valence-corrected chi connectivity index (χ3v) is 5.32. The van der Waals surface area contributed by atoms with Gasteiger partial charge in [0.25, 0.3) is 0 Å². The van der Waals surface area contributed by atoms with Crippen LogP contribution in [0.2, 0.25) is 0 Å². The molecule has 3 atom stereocenters. The lowest BCUT2D eigenvalue weighted by molar-refractivity contribution is 0.177. The fraction of sp³-hybridized carbons (Fsp3) is 0.812. The van der Waals surface area contributed by atoms with Crippen LogP contribution in [0.4, 0.5) is 5.95 Å². The van der Waals surface area contributed by atoms with Crippen LogP contribution < -0.4 is 16.7 Å². The Kier molecular flexibility index (Phi) is 4.84. The summed E-state index contributed by atoms with van der Waals surface area (Å²) in [7, 11) is 0. The van der Waals surface area contributed by atoms with Crippen LogP contribution in [-0.2, 0) is 0 Å². The molecule has 0 saturated heterocycles. The van der Waals surface area contributed by atoms with Crippen LogP contribution in [0, 0.1) is 5.92 Å². The van der Waals surface area contributed by atoms with Crippen LogP contribution in [0.15, 0.2) is 9.59 Å². The molecule has 3 rings (SSSR count). The molecule has 23 heavy (non-hydrogen) atoms. The van der Waals surface area contributed by atoms with Crippen LogP contribution in [-0.4, -0.2) is 31.8 Å². The standard InChI is InChI=1S/C16H26N4O3/c1-10(11-5-3-2-4-6-11)17-14-18-15(22)20(16(23)19-14)12-7-8-13(21)9-12/h10-13,21H,2-9H2,1H3,(H2,17,18,19,22,23)/t10-,12?,13?/m0/s1. The second-order valence-electron chi connectivity index (χ2n) is 6.99. The van der Waals surface area contributed by atoms with Crippen LogP contribution >= 0.6 is 0 Å². The van der Waals surface area contributed by atoms with Crippen LogP contribution in [0.25, 0.3) is 0 Å². The lowest BCUT2D eigenvalue weighted by Gasteiger charge is -2.28. The quantitative estimate of drug-likeness (QED) is 0.778. The van der Waals surface area contributed by atoms with E-state index in [2.05, 4.69) is 22.2 Å². The van der Waals surface area contributed by atoms with Gasteiger partial charge in [0.2, 0.25) is 5.95 Å². The molecule has 0 aromatic carbocycles. The molecule has 0 bridgehead atoms. The summed E-state index contributed by atoms with van der Waals surface area (Å²) in [6.45, 7) is 2.08. The smallest absolute Gasteiger partial charge is 0.355 e. The summed E-state index contributed by atoms with van der Waals surface area (Å²) in [5.74, 6) is 0.814. The highest BCUT2D eigenvalue weighted by atomic mass is 16.3. The number of aromatic amines is 1. The summed E-state index contributed by atoms with van der Waals surface area (Å²) >= 11 is 0. The minimum absolute atomic E-state index is 0.182. The third kappa shape index (κ3) is 3.65. The van der Waals surface area contributed by atoms with Gasteiger partial charge in [-0.1, -0.05) is 19.3 Å². The monoisotopic (exact) mass is 322 g/mol. The maximum Gasteiger partial charge on any atom is 0.355 e. The first-order valence-corrected chi connectivity index (χ1v) is 8.72. The minimum atomic E-state index is -0.536. The van der Waals surface area contributed by atoms with Gasteiger partial charge >= 0.3 is 11.4 Å². The number of aromatic nitrogens is 3. The molecule has 2 aliphatic carbocycles. The molecule has 2 aliphatic rings. The van der Waals surface area contributed by atoms with Crippen molar-refractivity contribution < 1.29 is 5.11 Å². The first-order valence-electron chi connectivity index (χ1n) is 8.72. The zero-order valence-electron chi connectivity index (χ0n) is 13.6. The number of hydrogen-bond acceptors (Lipinski definition) is 5. The number of anilines is 1. The van der Waals surface area contributed by atoms with Crippen molar-refractivity contribution in [3.05, 3.63) is 21.0 Å². The van der Waals surface area contributed by atoms with Crippen molar-refractivity contribution >= 4 is 5.95 Å². The molecule has 0 spiro atoms. The van der Waals surface area contributed by atoms with Crippen LogP contribution in [0.3, 0.4) is 0 Å². The average molecular weight is 322 g/mol. The van der Waals surface area contributed by atoms with Crippen molar-refractivity contribution in [2.24, 2.45) is 5.92 Å².